The first-order valence-electron chi connectivity index (χ1n) is 3.66. The average Bonchev–Trinajstić information content (AvgIpc) is 2.03. The number of carbonyl (C=O) groups is 2. The predicted octanol–water partition coefficient (Wildman–Crippen LogP) is -0.0903. The molecular formula is C8H9NO4. The number of rotatable bonds is 3. The highest BCUT2D eigenvalue weighted by atomic mass is 16.4. The number of allylic oxidation sites excluding steroid dienone is 2. The minimum absolute atomic E-state index is 0.308. The van der Waals surface area contributed by atoms with Gasteiger partial charge in [-0.1, -0.05) is 12.2 Å². The third-order valence-corrected chi connectivity index (χ3v) is 1.61. The van der Waals surface area contributed by atoms with Crippen LogP contribution in [0.25, 0.3) is 0 Å². The Morgan fingerprint density at radius 1 is 1.31 bits per heavy atom. The van der Waals surface area contributed by atoms with Gasteiger partial charge in [-0.15, -0.1) is 0 Å². The van der Waals surface area contributed by atoms with Crippen molar-refractivity contribution in [1.82, 2.24) is 4.90 Å². The third kappa shape index (κ3) is 2.33. The normalized spacial score (nSPS) is 20.3. The Morgan fingerprint density at radius 2 is 2.00 bits per heavy atom. The van der Waals surface area contributed by atoms with Gasteiger partial charge in [-0.25, -0.2) is 4.79 Å². The molecule has 0 aliphatic carbocycles. The van der Waals surface area contributed by atoms with Gasteiger partial charge in [0.15, 0.2) is 0 Å². The zero-order valence-corrected chi connectivity index (χ0v) is 6.75. The summed E-state index contributed by atoms with van der Waals surface area (Å²) < 4.78 is 0. The maximum absolute atomic E-state index is 10.6. The summed E-state index contributed by atoms with van der Waals surface area (Å²) in [5, 5.41) is 17.2. The summed E-state index contributed by atoms with van der Waals surface area (Å²) in [4.78, 5) is 22.2. The summed E-state index contributed by atoms with van der Waals surface area (Å²) in [5.74, 6) is -2.10. The first-order chi connectivity index (χ1) is 6.11. The standard InChI is InChI=1S/C8H9NO4/c10-7(11)5-9-4-2-1-3-6(9)8(12)13/h1-4,6H,5H2,(H,10,11)(H,12,13). The quantitative estimate of drug-likeness (QED) is 0.639. The molecule has 1 rings (SSSR count). The van der Waals surface area contributed by atoms with Gasteiger partial charge in [-0.05, 0) is 6.08 Å². The molecule has 0 saturated heterocycles. The molecule has 0 aromatic rings. The van der Waals surface area contributed by atoms with Gasteiger partial charge >= 0.3 is 11.9 Å². The molecule has 0 bridgehead atoms. The molecule has 5 heteroatoms. The topological polar surface area (TPSA) is 77.8 Å². The van der Waals surface area contributed by atoms with Crippen molar-refractivity contribution < 1.29 is 19.8 Å². The van der Waals surface area contributed by atoms with E-state index in [-0.39, 0.29) is 6.54 Å². The smallest absolute Gasteiger partial charge is 0.330 e. The van der Waals surface area contributed by atoms with Gasteiger partial charge in [0.25, 0.3) is 0 Å². The maximum atomic E-state index is 10.6. The van der Waals surface area contributed by atoms with Crippen LogP contribution in [0.1, 0.15) is 0 Å². The molecule has 1 atom stereocenters. The fourth-order valence-corrected chi connectivity index (χ4v) is 1.06. The molecule has 0 fully saturated rings. The summed E-state index contributed by atoms with van der Waals surface area (Å²) in [5.41, 5.74) is 0. The summed E-state index contributed by atoms with van der Waals surface area (Å²) in [6, 6.07) is -0.874. The Labute approximate surface area is 74.6 Å². The fraction of sp³-hybridized carbons (Fsp3) is 0.250. The van der Waals surface area contributed by atoms with Crippen molar-refractivity contribution in [2.75, 3.05) is 6.54 Å². The molecule has 1 heterocycles. The molecule has 5 nitrogen and oxygen atoms in total. The van der Waals surface area contributed by atoms with Crippen LogP contribution in [0.5, 0.6) is 0 Å². The summed E-state index contributed by atoms with van der Waals surface area (Å²) in [6.07, 6.45) is 6.07. The fourth-order valence-electron chi connectivity index (χ4n) is 1.06. The van der Waals surface area contributed by atoms with Crippen molar-refractivity contribution in [3.05, 3.63) is 24.4 Å². The first kappa shape index (κ1) is 9.31. The van der Waals surface area contributed by atoms with Crippen LogP contribution in [-0.2, 0) is 9.59 Å². The van der Waals surface area contributed by atoms with E-state index in [1.165, 1.54) is 17.2 Å². The number of carboxylic acid groups (broad SMARTS) is 2. The lowest BCUT2D eigenvalue weighted by Crippen LogP contribution is -2.40. The molecule has 0 aromatic carbocycles. The minimum atomic E-state index is -1.05. The van der Waals surface area contributed by atoms with Crippen LogP contribution in [0.2, 0.25) is 0 Å². The van der Waals surface area contributed by atoms with Gasteiger partial charge in [0.1, 0.15) is 12.6 Å². The summed E-state index contributed by atoms with van der Waals surface area (Å²) in [6.45, 7) is -0.308. The number of aliphatic carboxylic acids is 2. The van der Waals surface area contributed by atoms with E-state index in [9.17, 15) is 9.59 Å². The molecule has 0 amide bonds. The van der Waals surface area contributed by atoms with Gasteiger partial charge in [-0.2, -0.15) is 0 Å². The van der Waals surface area contributed by atoms with Crippen molar-refractivity contribution in [1.29, 1.82) is 0 Å². The molecule has 13 heavy (non-hydrogen) atoms. The number of hydrogen-bond acceptors (Lipinski definition) is 3. The molecule has 0 radical (unpaired) electrons. The van der Waals surface area contributed by atoms with Crippen LogP contribution >= 0.6 is 0 Å². The lowest BCUT2D eigenvalue weighted by Gasteiger charge is -2.25. The van der Waals surface area contributed by atoms with Gasteiger partial charge in [0.05, 0.1) is 0 Å². The summed E-state index contributed by atoms with van der Waals surface area (Å²) in [7, 11) is 0. The van der Waals surface area contributed by atoms with Gasteiger partial charge in [0, 0.05) is 6.20 Å². The molecule has 0 aromatic heterocycles. The Bertz CT molecular complexity index is 282. The maximum Gasteiger partial charge on any atom is 0.330 e. The average molecular weight is 183 g/mol. The minimum Gasteiger partial charge on any atom is -0.480 e. The molecule has 2 N–H and O–H groups in total. The lowest BCUT2D eigenvalue weighted by atomic mass is 10.2. The predicted molar refractivity (Wildman–Crippen MR) is 44.0 cm³/mol. The van der Waals surface area contributed by atoms with E-state index >= 15 is 0 Å². The van der Waals surface area contributed by atoms with Gasteiger partial charge < -0.3 is 15.1 Å². The highest BCUT2D eigenvalue weighted by Crippen LogP contribution is 2.07. The van der Waals surface area contributed by atoms with Crippen LogP contribution in [0, 0.1) is 0 Å². The van der Waals surface area contributed by atoms with Crippen molar-refractivity contribution in [3.8, 4) is 0 Å². The first-order valence-corrected chi connectivity index (χ1v) is 3.66. The second-order valence-electron chi connectivity index (χ2n) is 2.58. The molecule has 0 spiro atoms. The second kappa shape index (κ2) is 3.75. The highest BCUT2D eigenvalue weighted by Gasteiger charge is 2.23. The van der Waals surface area contributed by atoms with Crippen LogP contribution in [-0.4, -0.2) is 39.6 Å². The monoisotopic (exact) mass is 183 g/mol. The Kier molecular flexibility index (Phi) is 2.69. The van der Waals surface area contributed by atoms with Crippen molar-refractivity contribution in [2.24, 2.45) is 0 Å². The van der Waals surface area contributed by atoms with Gasteiger partial charge in [0.2, 0.25) is 0 Å². The van der Waals surface area contributed by atoms with Crippen LogP contribution in [0.15, 0.2) is 24.4 Å². The van der Waals surface area contributed by atoms with E-state index in [1.807, 2.05) is 0 Å². The van der Waals surface area contributed by atoms with E-state index in [0.717, 1.165) is 0 Å². The zero-order chi connectivity index (χ0) is 9.84. The molecule has 0 saturated carbocycles. The Hall–Kier alpha value is -1.78. The lowest BCUT2D eigenvalue weighted by molar-refractivity contribution is -0.143. The number of carboxylic acids is 2. The summed E-state index contributed by atoms with van der Waals surface area (Å²) >= 11 is 0. The van der Waals surface area contributed by atoms with Crippen molar-refractivity contribution in [3.63, 3.8) is 0 Å². The molecule has 1 aliphatic rings. The number of nitrogens with zero attached hydrogens (tertiary/aromatic N) is 1. The van der Waals surface area contributed by atoms with E-state index in [2.05, 4.69) is 0 Å². The van der Waals surface area contributed by atoms with Crippen LogP contribution in [0.4, 0.5) is 0 Å². The molecule has 70 valence electrons. The molecule has 1 unspecified atom stereocenters. The largest absolute Gasteiger partial charge is 0.480 e. The Morgan fingerprint density at radius 3 is 2.54 bits per heavy atom. The van der Waals surface area contributed by atoms with E-state index < -0.39 is 18.0 Å². The van der Waals surface area contributed by atoms with E-state index in [1.54, 1.807) is 12.2 Å². The van der Waals surface area contributed by atoms with E-state index in [4.69, 9.17) is 10.2 Å². The van der Waals surface area contributed by atoms with Crippen LogP contribution < -0.4 is 0 Å². The Balaban J connectivity index is 2.70. The van der Waals surface area contributed by atoms with E-state index in [0.29, 0.717) is 0 Å². The van der Waals surface area contributed by atoms with Crippen molar-refractivity contribution >= 4 is 11.9 Å². The number of hydrogen-bond donors (Lipinski definition) is 2. The van der Waals surface area contributed by atoms with Crippen molar-refractivity contribution in [2.45, 2.75) is 6.04 Å². The molecular weight excluding hydrogens is 174 g/mol. The SMILES string of the molecule is O=C(O)CN1C=CC=CC1C(=O)O. The van der Waals surface area contributed by atoms with Gasteiger partial charge in [-0.3, -0.25) is 4.79 Å². The second-order valence-corrected chi connectivity index (χ2v) is 2.58. The zero-order valence-electron chi connectivity index (χ0n) is 6.75. The molecule has 1 aliphatic heterocycles. The third-order valence-electron chi connectivity index (χ3n) is 1.61. The highest BCUT2D eigenvalue weighted by molar-refractivity contribution is 5.78. The van der Waals surface area contributed by atoms with Crippen LogP contribution in [0.3, 0.4) is 0 Å².